The normalized spacial score (nSPS) is 10.9. The van der Waals surface area contributed by atoms with Crippen molar-refractivity contribution in [2.75, 3.05) is 25.0 Å². The molecule has 0 fully saturated rings. The van der Waals surface area contributed by atoms with E-state index in [4.69, 9.17) is 28.1 Å². The number of phosphoric acid groups is 1. The molecule has 4 nitrogen and oxygen atoms in total. The molecule has 12 heavy (non-hydrogen) atoms. The van der Waals surface area contributed by atoms with Crippen LogP contribution in [0.3, 0.4) is 0 Å². The Morgan fingerprint density at radius 3 is 1.75 bits per heavy atom. The number of rotatable bonds is 6. The number of hydrogen-bond acceptors (Lipinski definition) is 3. The number of alkyl halides is 2. The van der Waals surface area contributed by atoms with Crippen LogP contribution in [-0.2, 0) is 13.6 Å². The van der Waals surface area contributed by atoms with Gasteiger partial charge in [0.1, 0.15) is 0 Å². The van der Waals surface area contributed by atoms with E-state index in [1.165, 1.54) is 0 Å². The van der Waals surface area contributed by atoms with Crippen molar-refractivity contribution in [3.05, 3.63) is 0 Å². The first-order valence-corrected chi connectivity index (χ1v) is 5.42. The molecule has 1 N–H and O–H groups in total. The van der Waals surface area contributed by atoms with Crippen LogP contribution >= 0.6 is 48.0 Å². The van der Waals surface area contributed by atoms with Crippen molar-refractivity contribution in [3.8, 4) is 0 Å². The highest BCUT2D eigenvalue weighted by molar-refractivity contribution is 8.93. The van der Waals surface area contributed by atoms with E-state index in [0.29, 0.717) is 0 Å². The Bertz CT molecular complexity index is 135. The molecule has 0 radical (unpaired) electrons. The SMILES string of the molecule is Br.O=P(O)(OCCCl)OCCCl. The van der Waals surface area contributed by atoms with Gasteiger partial charge in [-0.15, -0.1) is 40.2 Å². The molecule has 76 valence electrons. The summed E-state index contributed by atoms with van der Waals surface area (Å²) in [6.45, 7) is -0.0325. The highest BCUT2D eigenvalue weighted by atomic mass is 79.9. The lowest BCUT2D eigenvalue weighted by Gasteiger charge is -2.09. The van der Waals surface area contributed by atoms with Gasteiger partial charge in [-0.3, -0.25) is 9.05 Å². The summed E-state index contributed by atoms with van der Waals surface area (Å²) in [5, 5.41) is 0. The summed E-state index contributed by atoms with van der Waals surface area (Å²) in [6.07, 6.45) is 0. The van der Waals surface area contributed by atoms with Crippen LogP contribution in [0, 0.1) is 0 Å². The van der Waals surface area contributed by atoms with E-state index in [0.717, 1.165) is 0 Å². The molecule has 0 bridgehead atoms. The van der Waals surface area contributed by atoms with Crippen LogP contribution in [0.1, 0.15) is 0 Å². The molecule has 0 saturated heterocycles. The summed E-state index contributed by atoms with van der Waals surface area (Å²) in [6, 6.07) is 0. The van der Waals surface area contributed by atoms with Gasteiger partial charge in [0.25, 0.3) is 0 Å². The molecule has 0 unspecified atom stereocenters. The number of phosphoric ester groups is 1. The molecule has 8 heteroatoms. The van der Waals surface area contributed by atoms with Gasteiger partial charge >= 0.3 is 7.82 Å². The molecule has 0 saturated carbocycles. The highest BCUT2D eigenvalue weighted by Crippen LogP contribution is 2.42. The molecule has 0 aromatic carbocycles. The maximum absolute atomic E-state index is 10.7. The second-order valence-corrected chi connectivity index (χ2v) is 3.72. The molecule has 0 aliphatic rings. The van der Waals surface area contributed by atoms with Crippen LogP contribution in [0.5, 0.6) is 0 Å². The first-order valence-electron chi connectivity index (χ1n) is 2.86. The summed E-state index contributed by atoms with van der Waals surface area (Å²) in [7, 11) is -3.89. The Kier molecular flexibility index (Phi) is 11.4. The fourth-order valence-corrected chi connectivity index (χ4v) is 1.43. The molecule has 0 rings (SSSR count). The van der Waals surface area contributed by atoms with E-state index < -0.39 is 7.82 Å². The molecule has 0 atom stereocenters. The molecule has 0 aromatic rings. The third-order valence-corrected chi connectivity index (χ3v) is 1.99. The zero-order valence-corrected chi connectivity index (χ0v) is 10.2. The number of halogens is 3. The average molecular weight is 304 g/mol. The minimum atomic E-state index is -3.89. The predicted octanol–water partition coefficient (Wildman–Crippen LogP) is 2.18. The lowest BCUT2D eigenvalue weighted by atomic mass is 10.9. The van der Waals surface area contributed by atoms with Gasteiger partial charge < -0.3 is 4.89 Å². The zero-order valence-electron chi connectivity index (χ0n) is 6.11. The Hall–Kier alpha value is 1.17. The van der Waals surface area contributed by atoms with Gasteiger partial charge in [-0.05, 0) is 0 Å². The lowest BCUT2D eigenvalue weighted by molar-refractivity contribution is 0.163. The summed E-state index contributed by atoms with van der Waals surface area (Å²) in [5.74, 6) is 0.295. The van der Waals surface area contributed by atoms with Gasteiger partial charge in [0.05, 0.1) is 13.2 Å². The van der Waals surface area contributed by atoms with Crippen molar-refractivity contribution in [2.24, 2.45) is 0 Å². The minimum absolute atomic E-state index is 0. The zero-order chi connectivity index (χ0) is 8.74. The van der Waals surface area contributed by atoms with Crippen molar-refractivity contribution in [2.45, 2.75) is 0 Å². The van der Waals surface area contributed by atoms with E-state index in [1.54, 1.807) is 0 Å². The van der Waals surface area contributed by atoms with Crippen molar-refractivity contribution in [1.82, 2.24) is 0 Å². The van der Waals surface area contributed by atoms with Crippen LogP contribution in [0.2, 0.25) is 0 Å². The minimum Gasteiger partial charge on any atom is -0.302 e. The third-order valence-electron chi connectivity index (χ3n) is 0.663. The largest absolute Gasteiger partial charge is 0.472 e. The van der Waals surface area contributed by atoms with E-state index in [9.17, 15) is 4.57 Å². The summed E-state index contributed by atoms with van der Waals surface area (Å²) < 4.78 is 19.5. The number of hydrogen-bond donors (Lipinski definition) is 1. The topological polar surface area (TPSA) is 55.8 Å². The Morgan fingerprint density at radius 1 is 1.17 bits per heavy atom. The second kappa shape index (κ2) is 8.75. The van der Waals surface area contributed by atoms with E-state index in [2.05, 4.69) is 9.05 Å². The van der Waals surface area contributed by atoms with E-state index in [1.807, 2.05) is 0 Å². The quantitative estimate of drug-likeness (QED) is 0.603. The van der Waals surface area contributed by atoms with E-state index in [-0.39, 0.29) is 42.0 Å². The second-order valence-electron chi connectivity index (χ2n) is 1.51. The lowest BCUT2D eigenvalue weighted by Crippen LogP contribution is -1.99. The molecule has 0 spiro atoms. The van der Waals surface area contributed by atoms with Gasteiger partial charge in [-0.2, -0.15) is 0 Å². The standard InChI is InChI=1S/C4H9Cl2O4P.BrH/c5-1-3-9-11(7,8)10-4-2-6;/h1-4H2,(H,7,8);1H. The van der Waals surface area contributed by atoms with Crippen LogP contribution in [-0.4, -0.2) is 29.9 Å². The van der Waals surface area contributed by atoms with Gasteiger partial charge in [0.2, 0.25) is 0 Å². The Labute approximate surface area is 91.5 Å². The molecule has 0 heterocycles. The molecule has 0 amide bonds. The molecular formula is C4H10BrCl2O4P. The predicted molar refractivity (Wildman–Crippen MR) is 53.5 cm³/mol. The molecular weight excluding hydrogens is 294 g/mol. The van der Waals surface area contributed by atoms with E-state index >= 15 is 0 Å². The van der Waals surface area contributed by atoms with Crippen molar-refractivity contribution in [1.29, 1.82) is 0 Å². The van der Waals surface area contributed by atoms with Gasteiger partial charge in [-0.25, -0.2) is 4.57 Å². The Balaban J connectivity index is 0. The first kappa shape index (κ1) is 15.6. The fourth-order valence-electron chi connectivity index (χ4n) is 0.337. The maximum Gasteiger partial charge on any atom is 0.472 e. The van der Waals surface area contributed by atoms with Crippen LogP contribution in [0.25, 0.3) is 0 Å². The van der Waals surface area contributed by atoms with Gasteiger partial charge in [-0.1, -0.05) is 0 Å². The average Bonchev–Trinajstić information content (AvgIpc) is 1.97. The smallest absolute Gasteiger partial charge is 0.302 e. The Morgan fingerprint density at radius 2 is 1.50 bits per heavy atom. The third kappa shape index (κ3) is 9.26. The molecule has 0 aromatic heterocycles. The van der Waals surface area contributed by atoms with Crippen molar-refractivity contribution in [3.63, 3.8) is 0 Å². The van der Waals surface area contributed by atoms with Gasteiger partial charge in [0, 0.05) is 11.8 Å². The summed E-state index contributed by atoms with van der Waals surface area (Å²) >= 11 is 10.4. The fraction of sp³-hybridized carbons (Fsp3) is 1.00. The van der Waals surface area contributed by atoms with Crippen molar-refractivity contribution < 1.29 is 18.5 Å². The van der Waals surface area contributed by atoms with Crippen LogP contribution in [0.4, 0.5) is 0 Å². The van der Waals surface area contributed by atoms with Crippen LogP contribution < -0.4 is 0 Å². The highest BCUT2D eigenvalue weighted by Gasteiger charge is 2.19. The first-order chi connectivity index (χ1) is 5.12. The van der Waals surface area contributed by atoms with Crippen molar-refractivity contribution >= 4 is 48.0 Å². The van der Waals surface area contributed by atoms with Crippen LogP contribution in [0.15, 0.2) is 0 Å². The molecule has 0 aliphatic carbocycles. The summed E-state index contributed by atoms with van der Waals surface area (Å²) in [5.41, 5.74) is 0. The maximum atomic E-state index is 10.7. The van der Waals surface area contributed by atoms with Gasteiger partial charge in [0.15, 0.2) is 0 Å². The monoisotopic (exact) mass is 302 g/mol. The summed E-state index contributed by atoms with van der Waals surface area (Å²) in [4.78, 5) is 8.77. The molecule has 0 aliphatic heterocycles.